The third-order valence-corrected chi connectivity index (χ3v) is 5.18. The van der Waals surface area contributed by atoms with Crippen molar-refractivity contribution in [2.75, 3.05) is 14.2 Å². The predicted octanol–water partition coefficient (Wildman–Crippen LogP) is 2.30. The number of carbonyl (C=O) groups is 2. The second kappa shape index (κ2) is 7.25. The lowest BCUT2D eigenvalue weighted by molar-refractivity contribution is -0.122. The molecule has 1 aromatic carbocycles. The first kappa shape index (κ1) is 18.1. The fraction of sp³-hybridized carbons (Fsp3) is 0.278. The van der Waals surface area contributed by atoms with Crippen LogP contribution in [0.5, 0.6) is 11.5 Å². The van der Waals surface area contributed by atoms with E-state index in [-0.39, 0.29) is 11.3 Å². The lowest BCUT2D eigenvalue weighted by Gasteiger charge is -2.20. The first-order valence-electron chi connectivity index (χ1n) is 7.87. The van der Waals surface area contributed by atoms with Crippen LogP contribution < -0.4 is 14.8 Å². The highest BCUT2D eigenvalue weighted by molar-refractivity contribution is 8.04. The van der Waals surface area contributed by atoms with Crippen molar-refractivity contribution in [3.05, 3.63) is 46.6 Å². The van der Waals surface area contributed by atoms with Gasteiger partial charge in [-0.1, -0.05) is 6.07 Å². The Morgan fingerprint density at radius 2 is 2.04 bits per heavy atom. The number of aliphatic imine (C=N–C) groups is 1. The number of rotatable bonds is 5. The van der Waals surface area contributed by atoms with E-state index in [2.05, 4.69) is 10.3 Å². The summed E-state index contributed by atoms with van der Waals surface area (Å²) in [5.74, 6) is -0.551. The van der Waals surface area contributed by atoms with Crippen molar-refractivity contribution in [3.63, 3.8) is 0 Å². The molecule has 2 atom stereocenters. The molecule has 7 nitrogen and oxygen atoms in total. The molecular formula is C18H18N2O5S. The molecule has 2 N–H and O–H groups in total. The molecule has 2 heterocycles. The number of carbonyl (C=O) groups excluding carboxylic acids is 2. The van der Waals surface area contributed by atoms with E-state index in [9.17, 15) is 14.7 Å². The highest BCUT2D eigenvalue weighted by Gasteiger charge is 2.36. The molecule has 2 amide bonds. The number of ether oxygens (including phenoxy) is 2. The largest absolute Gasteiger partial charge is 0.510 e. The molecule has 3 rings (SSSR count). The highest BCUT2D eigenvalue weighted by Crippen LogP contribution is 2.33. The molecule has 26 heavy (non-hydrogen) atoms. The Morgan fingerprint density at radius 3 is 2.73 bits per heavy atom. The topological polar surface area (TPSA) is 97.2 Å². The van der Waals surface area contributed by atoms with Crippen molar-refractivity contribution in [1.82, 2.24) is 5.32 Å². The van der Waals surface area contributed by atoms with Crippen molar-refractivity contribution in [2.24, 2.45) is 4.99 Å². The second-order valence-electron chi connectivity index (χ2n) is 5.73. The number of amides is 2. The van der Waals surface area contributed by atoms with Crippen molar-refractivity contribution in [1.29, 1.82) is 0 Å². The van der Waals surface area contributed by atoms with Gasteiger partial charge in [0.15, 0.2) is 11.5 Å². The Morgan fingerprint density at radius 1 is 1.31 bits per heavy atom. The molecule has 0 bridgehead atoms. The number of hydrogen-bond donors (Lipinski definition) is 2. The van der Waals surface area contributed by atoms with Crippen LogP contribution in [0.2, 0.25) is 0 Å². The maximum atomic E-state index is 12.6. The minimum absolute atomic E-state index is 0.257. The van der Waals surface area contributed by atoms with Crippen molar-refractivity contribution in [2.45, 2.75) is 18.2 Å². The van der Waals surface area contributed by atoms with E-state index >= 15 is 0 Å². The quantitative estimate of drug-likeness (QED) is 0.768. The first-order valence-corrected chi connectivity index (χ1v) is 8.81. The summed E-state index contributed by atoms with van der Waals surface area (Å²) in [6.07, 6.45) is 1.66. The molecule has 0 saturated heterocycles. The zero-order valence-corrected chi connectivity index (χ0v) is 15.3. The summed E-state index contributed by atoms with van der Waals surface area (Å²) < 4.78 is 10.5. The van der Waals surface area contributed by atoms with E-state index in [1.807, 2.05) is 0 Å². The summed E-state index contributed by atoms with van der Waals surface area (Å²) in [6.45, 7) is 1.77. The molecule has 136 valence electrons. The van der Waals surface area contributed by atoms with Gasteiger partial charge in [0.2, 0.25) is 0 Å². The fourth-order valence-electron chi connectivity index (χ4n) is 2.75. The van der Waals surface area contributed by atoms with Gasteiger partial charge in [-0.05, 0) is 36.1 Å². The van der Waals surface area contributed by atoms with Gasteiger partial charge in [0.05, 0.1) is 26.0 Å². The van der Waals surface area contributed by atoms with Crippen molar-refractivity contribution < 1.29 is 24.2 Å². The number of methoxy groups -OCH3 is 2. The summed E-state index contributed by atoms with van der Waals surface area (Å²) in [7, 11) is 3.06. The van der Waals surface area contributed by atoms with Gasteiger partial charge in [-0.25, -0.2) is 4.99 Å². The lowest BCUT2D eigenvalue weighted by atomic mass is 10.0. The van der Waals surface area contributed by atoms with E-state index in [1.165, 1.54) is 26.0 Å². The van der Waals surface area contributed by atoms with Crippen LogP contribution in [0, 0.1) is 0 Å². The third-order valence-electron chi connectivity index (χ3n) is 4.15. The Hall–Kier alpha value is -2.74. The van der Waals surface area contributed by atoms with Gasteiger partial charge >= 0.3 is 0 Å². The molecule has 0 spiro atoms. The number of fused-ring (bicyclic) bond motifs is 1. The molecule has 0 fully saturated rings. The molecule has 0 aromatic heterocycles. The summed E-state index contributed by atoms with van der Waals surface area (Å²) in [6, 6.07) is 4.84. The average molecular weight is 374 g/mol. The van der Waals surface area contributed by atoms with Crippen LogP contribution >= 0.6 is 11.8 Å². The predicted molar refractivity (Wildman–Crippen MR) is 98.7 cm³/mol. The summed E-state index contributed by atoms with van der Waals surface area (Å²) >= 11 is 1.30. The monoisotopic (exact) mass is 374 g/mol. The van der Waals surface area contributed by atoms with Crippen LogP contribution in [0.1, 0.15) is 18.5 Å². The van der Waals surface area contributed by atoms with E-state index < -0.39 is 23.1 Å². The number of benzene rings is 1. The minimum atomic E-state index is -0.738. The van der Waals surface area contributed by atoms with E-state index in [0.717, 1.165) is 5.56 Å². The van der Waals surface area contributed by atoms with E-state index in [1.54, 1.807) is 36.6 Å². The van der Waals surface area contributed by atoms with E-state index in [0.29, 0.717) is 17.2 Å². The van der Waals surface area contributed by atoms with Gasteiger partial charge in [0, 0.05) is 0 Å². The number of aliphatic hydroxyl groups is 1. The summed E-state index contributed by atoms with van der Waals surface area (Å²) in [5, 5.41) is 14.3. The molecular weight excluding hydrogens is 356 g/mol. The van der Waals surface area contributed by atoms with Crippen LogP contribution in [0.25, 0.3) is 0 Å². The normalized spacial score (nSPS) is 19.7. The molecule has 8 heteroatoms. The number of dihydropyridines is 1. The number of aliphatic hydroxyl groups excluding tert-OH is 1. The molecule has 0 aliphatic carbocycles. The van der Waals surface area contributed by atoms with Crippen LogP contribution in [-0.4, -0.2) is 42.1 Å². The maximum Gasteiger partial charge on any atom is 0.286 e. The molecule has 0 saturated carbocycles. The number of hydrogen-bond acceptors (Lipinski definition) is 6. The van der Waals surface area contributed by atoms with Gasteiger partial charge in [-0.2, -0.15) is 0 Å². The zero-order valence-electron chi connectivity index (χ0n) is 14.5. The van der Waals surface area contributed by atoms with E-state index in [4.69, 9.17) is 9.47 Å². The van der Waals surface area contributed by atoms with Crippen molar-refractivity contribution in [3.8, 4) is 11.5 Å². The first-order chi connectivity index (χ1) is 12.5. The Kier molecular flexibility index (Phi) is 5.03. The van der Waals surface area contributed by atoms with Crippen LogP contribution in [0.4, 0.5) is 0 Å². The minimum Gasteiger partial charge on any atom is -0.510 e. The third kappa shape index (κ3) is 3.20. The lowest BCUT2D eigenvalue weighted by Crippen LogP contribution is -2.35. The second-order valence-corrected chi connectivity index (χ2v) is 6.75. The smallest absolute Gasteiger partial charge is 0.286 e. The number of nitrogens with zero attached hydrogens (tertiary/aromatic N) is 1. The number of thioether (sulfide) groups is 1. The molecule has 2 aliphatic rings. The summed E-state index contributed by atoms with van der Waals surface area (Å²) in [4.78, 5) is 28.6. The number of allylic oxidation sites excluding steroid dienone is 1. The van der Waals surface area contributed by atoms with Crippen LogP contribution in [0.15, 0.2) is 46.0 Å². The van der Waals surface area contributed by atoms with Crippen LogP contribution in [-0.2, 0) is 9.59 Å². The van der Waals surface area contributed by atoms with Gasteiger partial charge in [0.25, 0.3) is 11.8 Å². The molecule has 0 radical (unpaired) electrons. The Labute approximate surface area is 154 Å². The van der Waals surface area contributed by atoms with Gasteiger partial charge in [-0.3, -0.25) is 9.59 Å². The van der Waals surface area contributed by atoms with Gasteiger partial charge in [-0.15, -0.1) is 11.8 Å². The molecule has 2 aliphatic heterocycles. The highest BCUT2D eigenvalue weighted by atomic mass is 32.2. The summed E-state index contributed by atoms with van der Waals surface area (Å²) in [5.41, 5.74) is 0.907. The molecule has 1 aromatic rings. The van der Waals surface area contributed by atoms with Crippen molar-refractivity contribution >= 4 is 29.3 Å². The number of nitrogens with one attached hydrogen (secondary N) is 1. The fourth-order valence-corrected chi connectivity index (χ4v) is 3.64. The zero-order chi connectivity index (χ0) is 18.8. The van der Waals surface area contributed by atoms with Gasteiger partial charge < -0.3 is 19.9 Å². The average Bonchev–Trinajstić information content (AvgIpc) is 3.09. The van der Waals surface area contributed by atoms with Gasteiger partial charge in [0.1, 0.15) is 16.6 Å². The Balaban J connectivity index is 1.80. The standard InChI is InChI=1S/C18H18N2O5S/c1-9(10-4-5-12(24-2)13(8-10)25-3)19-17(22)14-15(21)16-11(6-7-26-16)20-18(14)23/h4-9,16,21H,1-3H3,(H,19,22). The van der Waals surface area contributed by atoms with Crippen LogP contribution in [0.3, 0.4) is 0 Å². The molecule has 2 unspecified atom stereocenters. The Bertz CT molecular complexity index is 859. The SMILES string of the molecule is COc1ccc(C(C)NC(=O)C2=C(O)C3SC=CC3=NC2=O)cc1OC. The maximum absolute atomic E-state index is 12.6.